The van der Waals surface area contributed by atoms with Crippen LogP contribution in [-0.4, -0.2) is 27.8 Å². The average molecular weight is 303 g/mol. The maximum atomic E-state index is 12.0. The Hall–Kier alpha value is -2.37. The Bertz CT molecular complexity index is 833. The molecule has 2 N–H and O–H groups in total. The normalized spacial score (nSPS) is 10.9. The van der Waals surface area contributed by atoms with E-state index in [4.69, 9.17) is 0 Å². The molecule has 0 unspecified atom stereocenters. The number of aromatic amines is 2. The van der Waals surface area contributed by atoms with Gasteiger partial charge < -0.3 is 14.9 Å². The first-order valence-electron chi connectivity index (χ1n) is 7.34. The molecule has 0 aliphatic rings. The second kappa shape index (κ2) is 6.17. The molecule has 0 saturated carbocycles. The van der Waals surface area contributed by atoms with Crippen LogP contribution in [0.25, 0.3) is 11.0 Å². The summed E-state index contributed by atoms with van der Waals surface area (Å²) in [5.74, 6) is 0.0586. The van der Waals surface area contributed by atoms with Crippen LogP contribution in [0.3, 0.4) is 0 Å². The Kier molecular flexibility index (Phi) is 4.49. The number of aromatic nitrogens is 2. The predicted molar refractivity (Wildman–Crippen MR) is 86.0 cm³/mol. The summed E-state index contributed by atoms with van der Waals surface area (Å²) in [5.41, 5.74) is 2.68. The number of hydrogen-bond donors (Lipinski definition) is 2. The van der Waals surface area contributed by atoms with Crippen LogP contribution in [0.4, 0.5) is 0 Å². The van der Waals surface area contributed by atoms with E-state index in [9.17, 15) is 14.4 Å². The molecule has 1 aromatic heterocycles. The third kappa shape index (κ3) is 2.95. The maximum Gasteiger partial charge on any atom is 0.314 e. The van der Waals surface area contributed by atoms with Gasteiger partial charge in [-0.15, -0.1) is 0 Å². The van der Waals surface area contributed by atoms with Gasteiger partial charge >= 0.3 is 11.1 Å². The number of carbonyl (C=O) groups excluding carboxylic acids is 1. The fourth-order valence-corrected chi connectivity index (χ4v) is 2.50. The van der Waals surface area contributed by atoms with Crippen LogP contribution in [-0.2, 0) is 11.3 Å². The van der Waals surface area contributed by atoms with Crippen LogP contribution in [0, 0.1) is 13.8 Å². The molecule has 0 aliphatic heterocycles. The summed E-state index contributed by atoms with van der Waals surface area (Å²) in [4.78, 5) is 42.0. The molecule has 1 heterocycles. The molecular weight excluding hydrogens is 282 g/mol. The van der Waals surface area contributed by atoms with Crippen LogP contribution >= 0.6 is 0 Å². The highest BCUT2D eigenvalue weighted by Gasteiger charge is 2.15. The fourth-order valence-electron chi connectivity index (χ4n) is 2.50. The SMILES string of the molecule is CCCC(=O)N(C)Cc1c(C)c(C)cc2[nH]c(=O)c(=O)[nH]c12. The van der Waals surface area contributed by atoms with Gasteiger partial charge in [-0.25, -0.2) is 0 Å². The van der Waals surface area contributed by atoms with Crippen LogP contribution in [0.5, 0.6) is 0 Å². The molecule has 22 heavy (non-hydrogen) atoms. The van der Waals surface area contributed by atoms with Crippen molar-refractivity contribution in [3.8, 4) is 0 Å². The number of H-pyrrole nitrogens is 2. The van der Waals surface area contributed by atoms with Crippen LogP contribution < -0.4 is 11.1 Å². The molecule has 0 fully saturated rings. The van der Waals surface area contributed by atoms with E-state index in [1.165, 1.54) is 0 Å². The van der Waals surface area contributed by atoms with Crippen LogP contribution in [0.2, 0.25) is 0 Å². The van der Waals surface area contributed by atoms with Crippen LogP contribution in [0.1, 0.15) is 36.5 Å². The lowest BCUT2D eigenvalue weighted by Crippen LogP contribution is -2.30. The number of amides is 1. The highest BCUT2D eigenvalue weighted by molar-refractivity contribution is 5.81. The highest BCUT2D eigenvalue weighted by atomic mass is 16.2. The Morgan fingerprint density at radius 2 is 1.82 bits per heavy atom. The second-order valence-electron chi connectivity index (χ2n) is 5.63. The van der Waals surface area contributed by atoms with Crippen molar-refractivity contribution in [2.75, 3.05) is 7.05 Å². The number of aryl methyl sites for hydroxylation is 1. The van der Waals surface area contributed by atoms with Crippen molar-refractivity contribution >= 4 is 16.9 Å². The number of nitrogens with one attached hydrogen (secondary N) is 2. The van der Waals surface area contributed by atoms with E-state index >= 15 is 0 Å². The Morgan fingerprint density at radius 3 is 2.45 bits per heavy atom. The molecule has 0 aliphatic carbocycles. The standard InChI is InChI=1S/C16H21N3O3/c1-5-6-13(20)19(4)8-11-10(3)9(2)7-12-14(11)18-16(22)15(21)17-12/h7H,5-6,8H2,1-4H3,(H,17,21)(H,18,22). The summed E-state index contributed by atoms with van der Waals surface area (Å²) >= 11 is 0. The van der Waals surface area contributed by atoms with Crippen molar-refractivity contribution < 1.29 is 4.79 Å². The summed E-state index contributed by atoms with van der Waals surface area (Å²) in [6.07, 6.45) is 1.29. The van der Waals surface area contributed by atoms with Gasteiger partial charge in [0.2, 0.25) is 5.91 Å². The number of rotatable bonds is 4. The lowest BCUT2D eigenvalue weighted by atomic mass is 10.0. The molecule has 0 radical (unpaired) electrons. The Balaban J connectivity index is 2.58. The monoisotopic (exact) mass is 303 g/mol. The Morgan fingerprint density at radius 1 is 1.18 bits per heavy atom. The molecule has 6 heteroatoms. The average Bonchev–Trinajstić information content (AvgIpc) is 2.46. The van der Waals surface area contributed by atoms with Crippen molar-refractivity contribution in [1.82, 2.24) is 14.9 Å². The first kappa shape index (κ1) is 16.0. The number of hydrogen-bond acceptors (Lipinski definition) is 3. The molecule has 1 amide bonds. The third-order valence-electron chi connectivity index (χ3n) is 3.95. The number of carbonyl (C=O) groups is 1. The highest BCUT2D eigenvalue weighted by Crippen LogP contribution is 2.22. The first-order chi connectivity index (χ1) is 10.3. The minimum Gasteiger partial charge on any atom is -0.341 e. The van der Waals surface area contributed by atoms with Crippen molar-refractivity contribution in [2.24, 2.45) is 0 Å². The summed E-state index contributed by atoms with van der Waals surface area (Å²) in [6.45, 7) is 6.24. The van der Waals surface area contributed by atoms with Gasteiger partial charge in [-0.1, -0.05) is 6.92 Å². The number of nitrogens with zero attached hydrogens (tertiary/aromatic N) is 1. The largest absolute Gasteiger partial charge is 0.341 e. The lowest BCUT2D eigenvalue weighted by molar-refractivity contribution is -0.130. The van der Waals surface area contributed by atoms with Gasteiger partial charge in [0.05, 0.1) is 11.0 Å². The van der Waals surface area contributed by atoms with Crippen molar-refractivity contribution in [3.63, 3.8) is 0 Å². The number of benzene rings is 1. The van der Waals surface area contributed by atoms with Gasteiger partial charge in [0, 0.05) is 25.6 Å². The molecule has 2 aromatic rings. The molecule has 1 aromatic carbocycles. The van der Waals surface area contributed by atoms with E-state index in [2.05, 4.69) is 9.97 Å². The second-order valence-corrected chi connectivity index (χ2v) is 5.63. The zero-order valence-corrected chi connectivity index (χ0v) is 13.4. The number of fused-ring (bicyclic) bond motifs is 1. The van der Waals surface area contributed by atoms with Gasteiger partial charge in [-0.3, -0.25) is 14.4 Å². The molecule has 6 nitrogen and oxygen atoms in total. The summed E-state index contributed by atoms with van der Waals surface area (Å²) < 4.78 is 0. The van der Waals surface area contributed by atoms with E-state index in [-0.39, 0.29) is 5.91 Å². The fraction of sp³-hybridized carbons (Fsp3) is 0.438. The minimum atomic E-state index is -0.681. The van der Waals surface area contributed by atoms with Gasteiger partial charge in [-0.2, -0.15) is 0 Å². The Labute approximate surface area is 128 Å². The minimum absolute atomic E-state index is 0.0586. The molecule has 0 atom stereocenters. The van der Waals surface area contributed by atoms with Crippen LogP contribution in [0.15, 0.2) is 15.7 Å². The summed E-state index contributed by atoms with van der Waals surface area (Å²) in [5, 5.41) is 0. The molecule has 2 rings (SSSR count). The van der Waals surface area contributed by atoms with E-state index < -0.39 is 11.1 Å². The van der Waals surface area contributed by atoms with Gasteiger partial charge in [0.15, 0.2) is 0 Å². The van der Waals surface area contributed by atoms with E-state index in [1.807, 2.05) is 26.8 Å². The van der Waals surface area contributed by atoms with Gasteiger partial charge in [-0.05, 0) is 37.5 Å². The predicted octanol–water partition coefficient (Wildman–Crippen LogP) is 1.59. The molecule has 118 valence electrons. The molecule has 0 saturated heterocycles. The van der Waals surface area contributed by atoms with E-state index in [1.54, 1.807) is 11.9 Å². The third-order valence-corrected chi connectivity index (χ3v) is 3.95. The first-order valence-corrected chi connectivity index (χ1v) is 7.34. The van der Waals surface area contributed by atoms with E-state index in [0.717, 1.165) is 23.1 Å². The van der Waals surface area contributed by atoms with E-state index in [0.29, 0.717) is 24.0 Å². The van der Waals surface area contributed by atoms with Gasteiger partial charge in [0.25, 0.3) is 0 Å². The zero-order chi connectivity index (χ0) is 16.4. The molecule has 0 spiro atoms. The maximum absolute atomic E-state index is 12.0. The zero-order valence-electron chi connectivity index (χ0n) is 13.4. The van der Waals surface area contributed by atoms with Crippen molar-refractivity contribution in [3.05, 3.63) is 43.5 Å². The summed E-state index contributed by atoms with van der Waals surface area (Å²) in [6, 6.07) is 1.83. The quantitative estimate of drug-likeness (QED) is 0.841. The smallest absolute Gasteiger partial charge is 0.314 e. The molecular formula is C16H21N3O3. The molecule has 0 bridgehead atoms. The van der Waals surface area contributed by atoms with Crippen molar-refractivity contribution in [2.45, 2.75) is 40.2 Å². The topological polar surface area (TPSA) is 86.0 Å². The van der Waals surface area contributed by atoms with Crippen molar-refractivity contribution in [1.29, 1.82) is 0 Å². The lowest BCUT2D eigenvalue weighted by Gasteiger charge is -2.20. The summed E-state index contributed by atoms with van der Waals surface area (Å²) in [7, 11) is 1.75. The van der Waals surface area contributed by atoms with Gasteiger partial charge in [0.1, 0.15) is 0 Å².